The van der Waals surface area contributed by atoms with Crippen LogP contribution < -0.4 is 0 Å². The van der Waals surface area contributed by atoms with Crippen LogP contribution in [0.5, 0.6) is 0 Å². The van der Waals surface area contributed by atoms with Crippen molar-refractivity contribution in [2.45, 2.75) is 46.2 Å². The largest absolute Gasteiger partial charge is 0.337 e. The Morgan fingerprint density at radius 1 is 1.19 bits per heavy atom. The molecular weight excluding hydrogens is 200 g/mol. The van der Waals surface area contributed by atoms with Crippen molar-refractivity contribution >= 4 is 5.91 Å². The summed E-state index contributed by atoms with van der Waals surface area (Å²) >= 11 is 0. The van der Waals surface area contributed by atoms with Crippen LogP contribution in [0.2, 0.25) is 0 Å². The van der Waals surface area contributed by atoms with E-state index in [0.29, 0.717) is 18.0 Å². The second-order valence-corrected chi connectivity index (χ2v) is 6.04. The molecule has 2 fully saturated rings. The molecule has 2 saturated heterocycles. The van der Waals surface area contributed by atoms with E-state index in [-0.39, 0.29) is 5.92 Å². The molecule has 0 aliphatic carbocycles. The fourth-order valence-electron chi connectivity index (χ4n) is 3.04. The first-order valence-electron chi connectivity index (χ1n) is 6.53. The van der Waals surface area contributed by atoms with Crippen LogP contribution in [0.1, 0.15) is 34.1 Å². The molecule has 0 unspecified atom stereocenters. The van der Waals surface area contributed by atoms with Crippen molar-refractivity contribution in [3.63, 3.8) is 0 Å². The lowest BCUT2D eigenvalue weighted by molar-refractivity contribution is -0.136. The average Bonchev–Trinajstić information content (AvgIpc) is 2.74. The smallest absolute Gasteiger partial charge is 0.225 e. The third-order valence-corrected chi connectivity index (χ3v) is 3.73. The van der Waals surface area contributed by atoms with Crippen molar-refractivity contribution in [3.05, 3.63) is 0 Å². The Balaban J connectivity index is 1.93. The van der Waals surface area contributed by atoms with Gasteiger partial charge in [-0.15, -0.1) is 0 Å². The molecule has 2 aliphatic rings. The lowest BCUT2D eigenvalue weighted by Crippen LogP contribution is -2.50. The summed E-state index contributed by atoms with van der Waals surface area (Å²) in [6.45, 7) is 11.8. The van der Waals surface area contributed by atoms with Crippen LogP contribution in [-0.4, -0.2) is 47.4 Å². The molecule has 0 aromatic heterocycles. The minimum Gasteiger partial charge on any atom is -0.337 e. The molecule has 0 N–H and O–H groups in total. The molecule has 2 atom stereocenters. The first-order valence-corrected chi connectivity index (χ1v) is 6.53. The topological polar surface area (TPSA) is 23.6 Å². The molecule has 3 nitrogen and oxygen atoms in total. The molecule has 3 heteroatoms. The predicted octanol–water partition coefficient (Wildman–Crippen LogP) is 1.58. The highest BCUT2D eigenvalue weighted by Gasteiger charge is 2.45. The maximum absolute atomic E-state index is 12.0. The van der Waals surface area contributed by atoms with Crippen molar-refractivity contribution < 1.29 is 4.79 Å². The highest BCUT2D eigenvalue weighted by molar-refractivity contribution is 5.79. The van der Waals surface area contributed by atoms with Crippen LogP contribution in [0.25, 0.3) is 0 Å². The minimum atomic E-state index is 0.151. The van der Waals surface area contributed by atoms with Crippen LogP contribution in [0.4, 0.5) is 0 Å². The number of hydrogen-bond donors (Lipinski definition) is 0. The van der Waals surface area contributed by atoms with Gasteiger partial charge in [0.05, 0.1) is 0 Å². The van der Waals surface area contributed by atoms with Gasteiger partial charge in [0, 0.05) is 37.6 Å². The molecule has 16 heavy (non-hydrogen) atoms. The van der Waals surface area contributed by atoms with E-state index < -0.39 is 0 Å². The standard InChI is InChI=1S/C13H24N2O/c1-9(2)6-14-7-12-5-11(14)8-15(12)13(16)10(3)4/h9-12H,5-8H2,1-4H3/t11-,12-/m1/s1. The maximum atomic E-state index is 12.0. The van der Waals surface area contributed by atoms with Crippen LogP contribution in [0.3, 0.4) is 0 Å². The third kappa shape index (κ3) is 2.10. The molecule has 2 heterocycles. The monoisotopic (exact) mass is 224 g/mol. The van der Waals surface area contributed by atoms with Gasteiger partial charge in [0.15, 0.2) is 0 Å². The minimum absolute atomic E-state index is 0.151. The van der Waals surface area contributed by atoms with Gasteiger partial charge in [-0.25, -0.2) is 0 Å². The average molecular weight is 224 g/mol. The Kier molecular flexibility index (Phi) is 3.24. The number of rotatable bonds is 3. The molecule has 2 aliphatic heterocycles. The Morgan fingerprint density at radius 2 is 1.88 bits per heavy atom. The van der Waals surface area contributed by atoms with E-state index in [1.165, 1.54) is 13.0 Å². The fourth-order valence-corrected chi connectivity index (χ4v) is 3.04. The van der Waals surface area contributed by atoms with Crippen molar-refractivity contribution in [2.24, 2.45) is 11.8 Å². The zero-order valence-corrected chi connectivity index (χ0v) is 10.9. The van der Waals surface area contributed by atoms with Gasteiger partial charge in [0.25, 0.3) is 0 Å². The van der Waals surface area contributed by atoms with Gasteiger partial charge in [0.1, 0.15) is 0 Å². The first-order chi connectivity index (χ1) is 7.49. The summed E-state index contributed by atoms with van der Waals surface area (Å²) < 4.78 is 0. The summed E-state index contributed by atoms with van der Waals surface area (Å²) in [6, 6.07) is 1.13. The second kappa shape index (κ2) is 4.36. The first kappa shape index (κ1) is 11.9. The number of nitrogens with zero attached hydrogens (tertiary/aromatic N) is 2. The van der Waals surface area contributed by atoms with Gasteiger partial charge >= 0.3 is 0 Å². The third-order valence-electron chi connectivity index (χ3n) is 3.73. The van der Waals surface area contributed by atoms with Gasteiger partial charge in [-0.3, -0.25) is 9.69 Å². The van der Waals surface area contributed by atoms with Crippen molar-refractivity contribution in [1.82, 2.24) is 9.80 Å². The molecule has 1 amide bonds. The van der Waals surface area contributed by atoms with Gasteiger partial charge < -0.3 is 4.90 Å². The highest BCUT2D eigenvalue weighted by atomic mass is 16.2. The van der Waals surface area contributed by atoms with E-state index in [0.717, 1.165) is 19.0 Å². The summed E-state index contributed by atoms with van der Waals surface area (Å²) in [5, 5.41) is 0. The molecule has 0 aromatic carbocycles. The lowest BCUT2D eigenvalue weighted by Gasteiger charge is -2.35. The van der Waals surface area contributed by atoms with Gasteiger partial charge in [-0.2, -0.15) is 0 Å². The quantitative estimate of drug-likeness (QED) is 0.726. The zero-order chi connectivity index (χ0) is 11.9. The second-order valence-electron chi connectivity index (χ2n) is 6.04. The molecule has 0 saturated carbocycles. The highest BCUT2D eigenvalue weighted by Crippen LogP contribution is 2.32. The number of carbonyl (C=O) groups is 1. The van der Waals surface area contributed by atoms with E-state index in [1.807, 2.05) is 13.8 Å². The Hall–Kier alpha value is -0.570. The number of likely N-dealkylation sites (tertiary alicyclic amines) is 2. The maximum Gasteiger partial charge on any atom is 0.225 e. The number of fused-ring (bicyclic) bond motifs is 2. The Bertz CT molecular complexity index is 275. The van der Waals surface area contributed by atoms with Crippen LogP contribution in [0.15, 0.2) is 0 Å². The summed E-state index contributed by atoms with van der Waals surface area (Å²) in [7, 11) is 0. The summed E-state index contributed by atoms with van der Waals surface area (Å²) in [5.41, 5.74) is 0. The van der Waals surface area contributed by atoms with E-state index in [4.69, 9.17) is 0 Å². The van der Waals surface area contributed by atoms with Crippen molar-refractivity contribution in [1.29, 1.82) is 0 Å². The molecular formula is C13H24N2O. The Morgan fingerprint density at radius 3 is 2.31 bits per heavy atom. The zero-order valence-electron chi connectivity index (χ0n) is 10.9. The number of carbonyl (C=O) groups excluding carboxylic acids is 1. The summed E-state index contributed by atoms with van der Waals surface area (Å²) in [6.07, 6.45) is 1.20. The van der Waals surface area contributed by atoms with E-state index in [1.54, 1.807) is 0 Å². The van der Waals surface area contributed by atoms with E-state index in [9.17, 15) is 4.79 Å². The summed E-state index contributed by atoms with van der Waals surface area (Å²) in [4.78, 5) is 16.7. The number of amides is 1. The number of hydrogen-bond acceptors (Lipinski definition) is 2. The summed E-state index contributed by atoms with van der Waals surface area (Å²) in [5.74, 6) is 1.23. The van der Waals surface area contributed by atoms with Gasteiger partial charge in [-0.1, -0.05) is 27.7 Å². The van der Waals surface area contributed by atoms with Gasteiger partial charge in [-0.05, 0) is 12.3 Å². The van der Waals surface area contributed by atoms with Gasteiger partial charge in [0.2, 0.25) is 5.91 Å². The molecule has 0 radical (unpaired) electrons. The van der Waals surface area contributed by atoms with Crippen LogP contribution >= 0.6 is 0 Å². The number of piperazine rings is 1. The van der Waals surface area contributed by atoms with E-state index >= 15 is 0 Å². The predicted molar refractivity (Wildman–Crippen MR) is 65.2 cm³/mol. The van der Waals surface area contributed by atoms with E-state index in [2.05, 4.69) is 23.6 Å². The SMILES string of the molecule is CC(C)CN1C[C@H]2C[C@@H]1CN2C(=O)C(C)C. The molecule has 0 spiro atoms. The lowest BCUT2D eigenvalue weighted by atomic mass is 10.1. The molecule has 2 rings (SSSR count). The van der Waals surface area contributed by atoms with Crippen molar-refractivity contribution in [3.8, 4) is 0 Å². The fraction of sp³-hybridized carbons (Fsp3) is 0.923. The molecule has 0 aromatic rings. The molecule has 2 bridgehead atoms. The molecule has 92 valence electrons. The van der Waals surface area contributed by atoms with Crippen LogP contribution in [0, 0.1) is 11.8 Å². The Labute approximate surface area is 98.8 Å². The van der Waals surface area contributed by atoms with Crippen molar-refractivity contribution in [2.75, 3.05) is 19.6 Å². The van der Waals surface area contributed by atoms with Crippen LogP contribution in [-0.2, 0) is 4.79 Å². The normalized spacial score (nSPS) is 29.8.